The lowest BCUT2D eigenvalue weighted by atomic mass is 9.96. The van der Waals surface area contributed by atoms with Crippen LogP contribution in [-0.4, -0.2) is 35.6 Å². The number of hydrogen-bond acceptors (Lipinski definition) is 5. The zero-order chi connectivity index (χ0) is 14.6. The quantitative estimate of drug-likeness (QED) is 0.855. The van der Waals surface area contributed by atoms with Gasteiger partial charge < -0.3 is 10.1 Å². The number of ether oxygens (including phenoxy) is 1. The maximum atomic E-state index is 11.8. The van der Waals surface area contributed by atoms with Crippen LogP contribution in [0.25, 0.3) is 0 Å². The normalized spacial score (nSPS) is 11.2. The van der Waals surface area contributed by atoms with Crippen LogP contribution in [0.3, 0.4) is 0 Å². The first-order valence-electron chi connectivity index (χ1n) is 5.62. The smallest absolute Gasteiger partial charge is 0.230 e. The zero-order valence-electron chi connectivity index (χ0n) is 11.3. The number of ketones is 1. The van der Waals surface area contributed by atoms with E-state index < -0.39 is 5.41 Å². The van der Waals surface area contributed by atoms with Gasteiger partial charge in [0.1, 0.15) is 6.61 Å². The average Bonchev–Trinajstić information content (AvgIpc) is 2.30. The predicted molar refractivity (Wildman–Crippen MR) is 71.3 cm³/mol. The molecule has 1 heterocycles. The molecule has 1 rings (SSSR count). The fraction of sp³-hybridized carbons (Fsp3) is 0.500. The first-order valence-corrected chi connectivity index (χ1v) is 6.00. The van der Waals surface area contributed by atoms with E-state index in [4.69, 9.17) is 16.3 Å². The number of amides is 1. The summed E-state index contributed by atoms with van der Waals surface area (Å²) in [5, 5.41) is 9.93. The molecule has 19 heavy (non-hydrogen) atoms. The molecule has 104 valence electrons. The Labute approximate surface area is 116 Å². The topological polar surface area (TPSA) is 81.2 Å². The Morgan fingerprint density at radius 1 is 1.37 bits per heavy atom. The number of methoxy groups -OCH3 is 1. The number of nitrogens with one attached hydrogen (secondary N) is 1. The molecule has 6 nitrogen and oxygen atoms in total. The Kier molecular flexibility index (Phi) is 4.97. The van der Waals surface area contributed by atoms with Crippen molar-refractivity contribution in [2.24, 2.45) is 5.41 Å². The van der Waals surface area contributed by atoms with Crippen molar-refractivity contribution in [2.45, 2.75) is 20.8 Å². The largest absolute Gasteiger partial charge is 0.377 e. The molecular weight excluding hydrogens is 270 g/mol. The van der Waals surface area contributed by atoms with Gasteiger partial charge in [0, 0.05) is 12.5 Å². The molecule has 0 saturated carbocycles. The van der Waals surface area contributed by atoms with Gasteiger partial charge in [-0.1, -0.05) is 32.4 Å². The van der Waals surface area contributed by atoms with E-state index in [2.05, 4.69) is 15.5 Å². The molecule has 1 aromatic heterocycles. The lowest BCUT2D eigenvalue weighted by molar-refractivity contribution is -0.123. The summed E-state index contributed by atoms with van der Waals surface area (Å²) in [6.45, 7) is 5.19. The van der Waals surface area contributed by atoms with Gasteiger partial charge in [-0.2, -0.15) is 0 Å². The minimum atomic E-state index is -0.571. The van der Waals surface area contributed by atoms with Gasteiger partial charge in [-0.25, -0.2) is 0 Å². The first kappa shape index (κ1) is 15.5. The molecule has 0 aliphatic rings. The van der Waals surface area contributed by atoms with Crippen LogP contribution in [0.2, 0.25) is 5.15 Å². The van der Waals surface area contributed by atoms with Crippen LogP contribution in [0.1, 0.15) is 31.1 Å². The highest BCUT2D eigenvalue weighted by Crippen LogP contribution is 2.19. The third-order valence-corrected chi connectivity index (χ3v) is 2.53. The van der Waals surface area contributed by atoms with Gasteiger partial charge in [0.25, 0.3) is 0 Å². The highest BCUT2D eigenvalue weighted by Gasteiger charge is 2.22. The zero-order valence-corrected chi connectivity index (χ0v) is 12.0. The van der Waals surface area contributed by atoms with E-state index in [0.29, 0.717) is 0 Å². The van der Waals surface area contributed by atoms with Crippen molar-refractivity contribution in [1.82, 2.24) is 10.2 Å². The van der Waals surface area contributed by atoms with Crippen LogP contribution in [0.5, 0.6) is 0 Å². The summed E-state index contributed by atoms with van der Waals surface area (Å²) in [4.78, 5) is 23.5. The second kappa shape index (κ2) is 6.08. The van der Waals surface area contributed by atoms with Crippen LogP contribution >= 0.6 is 11.6 Å². The van der Waals surface area contributed by atoms with Gasteiger partial charge in [-0.05, 0) is 6.07 Å². The maximum absolute atomic E-state index is 11.8. The number of aromatic nitrogens is 2. The molecule has 1 amide bonds. The van der Waals surface area contributed by atoms with Crippen molar-refractivity contribution < 1.29 is 14.3 Å². The number of nitrogens with zero attached hydrogens (tertiary/aromatic N) is 2. The van der Waals surface area contributed by atoms with Crippen molar-refractivity contribution in [3.63, 3.8) is 0 Å². The summed E-state index contributed by atoms with van der Waals surface area (Å²) in [5.41, 5.74) is -0.402. The molecule has 1 N–H and O–H groups in total. The summed E-state index contributed by atoms with van der Waals surface area (Å²) in [6.07, 6.45) is 0. The molecule has 1 aromatic rings. The number of anilines is 1. The monoisotopic (exact) mass is 285 g/mol. The Morgan fingerprint density at radius 3 is 2.53 bits per heavy atom. The molecule has 0 aromatic carbocycles. The fourth-order valence-corrected chi connectivity index (χ4v) is 1.34. The van der Waals surface area contributed by atoms with E-state index >= 15 is 0 Å². The number of carbonyl (C=O) groups excluding carboxylic acids is 2. The molecule has 0 unspecified atom stereocenters. The molecule has 0 aliphatic carbocycles. The van der Waals surface area contributed by atoms with E-state index in [1.165, 1.54) is 13.2 Å². The summed E-state index contributed by atoms with van der Waals surface area (Å²) in [7, 11) is 1.41. The van der Waals surface area contributed by atoms with Crippen molar-refractivity contribution >= 4 is 29.1 Å². The van der Waals surface area contributed by atoms with E-state index in [9.17, 15) is 9.59 Å². The average molecular weight is 286 g/mol. The van der Waals surface area contributed by atoms with E-state index in [1.807, 2.05) is 0 Å². The highest BCUT2D eigenvalue weighted by atomic mass is 35.5. The molecule has 0 atom stereocenters. The number of hydrogen-bond donors (Lipinski definition) is 1. The van der Waals surface area contributed by atoms with Crippen molar-refractivity contribution in [2.75, 3.05) is 19.0 Å². The minimum absolute atomic E-state index is 0.0178. The second-order valence-corrected chi connectivity index (χ2v) is 5.35. The summed E-state index contributed by atoms with van der Waals surface area (Å²) < 4.78 is 4.74. The Morgan fingerprint density at radius 2 is 2.00 bits per heavy atom. The van der Waals surface area contributed by atoms with Crippen molar-refractivity contribution in [3.8, 4) is 0 Å². The molecule has 0 bridgehead atoms. The summed E-state index contributed by atoms with van der Waals surface area (Å²) in [5.74, 6) is -0.369. The van der Waals surface area contributed by atoms with Gasteiger partial charge in [0.15, 0.2) is 16.8 Å². The van der Waals surface area contributed by atoms with Crippen LogP contribution in [0, 0.1) is 5.41 Å². The van der Waals surface area contributed by atoms with Gasteiger partial charge in [0.2, 0.25) is 5.91 Å². The van der Waals surface area contributed by atoms with E-state index in [1.54, 1.807) is 20.8 Å². The standard InChI is InChI=1S/C12H16ClN3O3/c1-12(2,3)11(18)14-9-5-7(8(17)6-19-4)10(13)16-15-9/h5H,6H2,1-4H3,(H,14,15,18). The molecule has 0 aliphatic heterocycles. The van der Waals surface area contributed by atoms with Crippen LogP contribution in [0.15, 0.2) is 6.07 Å². The van der Waals surface area contributed by atoms with Crippen LogP contribution < -0.4 is 5.32 Å². The number of rotatable bonds is 4. The van der Waals surface area contributed by atoms with E-state index in [0.717, 1.165) is 0 Å². The van der Waals surface area contributed by atoms with Gasteiger partial charge in [-0.3, -0.25) is 9.59 Å². The van der Waals surface area contributed by atoms with Crippen molar-refractivity contribution in [3.05, 3.63) is 16.8 Å². The highest BCUT2D eigenvalue weighted by molar-refractivity contribution is 6.32. The predicted octanol–water partition coefficient (Wildman–Crippen LogP) is 1.94. The fourth-order valence-electron chi connectivity index (χ4n) is 1.15. The minimum Gasteiger partial charge on any atom is -0.377 e. The van der Waals surface area contributed by atoms with Crippen molar-refractivity contribution in [1.29, 1.82) is 0 Å². The first-order chi connectivity index (χ1) is 8.75. The third-order valence-electron chi connectivity index (χ3n) is 2.25. The number of carbonyl (C=O) groups is 2. The molecule has 0 saturated heterocycles. The molecule has 0 spiro atoms. The van der Waals surface area contributed by atoms with Gasteiger partial charge in [0.05, 0.1) is 5.56 Å². The SMILES string of the molecule is COCC(=O)c1cc(NC(=O)C(C)(C)C)nnc1Cl. The molecule has 7 heteroatoms. The van der Waals surface area contributed by atoms with Crippen LogP contribution in [-0.2, 0) is 9.53 Å². The van der Waals surface area contributed by atoms with Gasteiger partial charge >= 0.3 is 0 Å². The number of Topliss-reactive ketones (excluding diaryl/α,β-unsaturated/α-hetero) is 1. The Hall–Kier alpha value is -1.53. The molecular formula is C12H16ClN3O3. The third kappa shape index (κ3) is 4.25. The molecule has 0 radical (unpaired) electrons. The number of halogens is 1. The lowest BCUT2D eigenvalue weighted by Gasteiger charge is -2.17. The van der Waals surface area contributed by atoms with Crippen LogP contribution in [0.4, 0.5) is 5.82 Å². The second-order valence-electron chi connectivity index (χ2n) is 4.99. The summed E-state index contributed by atoms with van der Waals surface area (Å²) >= 11 is 5.79. The lowest BCUT2D eigenvalue weighted by Crippen LogP contribution is -2.28. The Bertz CT molecular complexity index is 497. The van der Waals surface area contributed by atoms with E-state index in [-0.39, 0.29) is 34.8 Å². The molecule has 0 fully saturated rings. The van der Waals surface area contributed by atoms with Gasteiger partial charge in [-0.15, -0.1) is 10.2 Å². The maximum Gasteiger partial charge on any atom is 0.230 e. The Balaban J connectivity index is 2.97. The summed E-state index contributed by atoms with van der Waals surface area (Å²) in [6, 6.07) is 1.39.